The summed E-state index contributed by atoms with van der Waals surface area (Å²) >= 11 is 0. The molecule has 0 radical (unpaired) electrons. The predicted molar refractivity (Wildman–Crippen MR) is 76.6 cm³/mol. The van der Waals surface area contributed by atoms with Crippen molar-refractivity contribution in [3.63, 3.8) is 0 Å². The van der Waals surface area contributed by atoms with Crippen molar-refractivity contribution >= 4 is 6.09 Å². The molecule has 2 saturated heterocycles. The van der Waals surface area contributed by atoms with Gasteiger partial charge in [-0.2, -0.15) is 0 Å². The fourth-order valence-corrected chi connectivity index (χ4v) is 3.62. The number of amides is 1. The molecule has 0 aromatic rings. The van der Waals surface area contributed by atoms with Crippen molar-refractivity contribution in [2.75, 3.05) is 19.7 Å². The Morgan fingerprint density at radius 1 is 1.05 bits per heavy atom. The van der Waals surface area contributed by atoms with E-state index in [0.29, 0.717) is 5.41 Å². The van der Waals surface area contributed by atoms with Crippen LogP contribution in [0.5, 0.6) is 0 Å². The third-order valence-corrected chi connectivity index (χ3v) is 5.25. The van der Waals surface area contributed by atoms with E-state index in [-0.39, 0.29) is 11.7 Å². The van der Waals surface area contributed by atoms with Crippen molar-refractivity contribution in [2.45, 2.75) is 70.5 Å². The van der Waals surface area contributed by atoms with Crippen molar-refractivity contribution in [2.24, 2.45) is 5.41 Å². The summed E-state index contributed by atoms with van der Waals surface area (Å²) in [6.07, 6.45) is 7.10. The molecule has 2 aliphatic heterocycles. The Morgan fingerprint density at radius 2 is 1.60 bits per heavy atom. The SMILES string of the molecule is CC(C)(C)OC(=O)N1CCC2(CC1)CCC1(CC2)CO1. The summed E-state index contributed by atoms with van der Waals surface area (Å²) in [6.45, 7) is 8.45. The molecule has 1 saturated carbocycles. The Hall–Kier alpha value is -0.770. The molecule has 4 nitrogen and oxygen atoms in total. The van der Waals surface area contributed by atoms with Crippen LogP contribution in [0.25, 0.3) is 0 Å². The molecule has 4 heteroatoms. The number of ether oxygens (including phenoxy) is 2. The molecule has 3 aliphatic rings. The van der Waals surface area contributed by atoms with Gasteiger partial charge in [0.15, 0.2) is 0 Å². The molecule has 0 aromatic carbocycles. The lowest BCUT2D eigenvalue weighted by molar-refractivity contribution is -0.000637. The van der Waals surface area contributed by atoms with Crippen molar-refractivity contribution < 1.29 is 14.3 Å². The highest BCUT2D eigenvalue weighted by molar-refractivity contribution is 5.68. The first-order valence-electron chi connectivity index (χ1n) is 7.94. The highest BCUT2D eigenvalue weighted by atomic mass is 16.6. The molecular formula is C16H27NO3. The van der Waals surface area contributed by atoms with Gasteiger partial charge in [-0.1, -0.05) is 0 Å². The van der Waals surface area contributed by atoms with Gasteiger partial charge in [0, 0.05) is 13.1 Å². The second-order valence-corrected chi connectivity index (χ2v) is 7.94. The Balaban J connectivity index is 1.50. The van der Waals surface area contributed by atoms with Gasteiger partial charge in [0.1, 0.15) is 5.60 Å². The van der Waals surface area contributed by atoms with Gasteiger partial charge in [-0.3, -0.25) is 0 Å². The first-order chi connectivity index (χ1) is 9.32. The molecule has 0 N–H and O–H groups in total. The largest absolute Gasteiger partial charge is 0.444 e. The van der Waals surface area contributed by atoms with Crippen LogP contribution in [0.4, 0.5) is 4.79 Å². The van der Waals surface area contributed by atoms with Crippen LogP contribution in [0.2, 0.25) is 0 Å². The number of carbonyl (C=O) groups excluding carboxylic acids is 1. The highest BCUT2D eigenvalue weighted by Crippen LogP contribution is 2.52. The Morgan fingerprint density at radius 3 is 2.05 bits per heavy atom. The van der Waals surface area contributed by atoms with Gasteiger partial charge in [-0.25, -0.2) is 4.79 Å². The van der Waals surface area contributed by atoms with Crippen LogP contribution in [0.1, 0.15) is 59.3 Å². The summed E-state index contributed by atoms with van der Waals surface area (Å²) in [5.41, 5.74) is 0.343. The second kappa shape index (κ2) is 4.62. The first-order valence-corrected chi connectivity index (χ1v) is 7.94. The second-order valence-electron chi connectivity index (χ2n) is 7.94. The van der Waals surface area contributed by atoms with Crippen LogP contribution in [0.15, 0.2) is 0 Å². The number of hydrogen-bond acceptors (Lipinski definition) is 3. The number of rotatable bonds is 0. The molecule has 3 fully saturated rings. The maximum absolute atomic E-state index is 12.1. The van der Waals surface area contributed by atoms with Crippen LogP contribution in [-0.4, -0.2) is 41.9 Å². The number of hydrogen-bond donors (Lipinski definition) is 0. The Labute approximate surface area is 121 Å². The number of carbonyl (C=O) groups is 1. The molecule has 3 rings (SSSR count). The number of nitrogens with zero attached hydrogens (tertiary/aromatic N) is 1. The number of likely N-dealkylation sites (tertiary alicyclic amines) is 1. The molecule has 0 aromatic heterocycles. The van der Waals surface area contributed by atoms with Gasteiger partial charge in [0.05, 0.1) is 12.2 Å². The van der Waals surface area contributed by atoms with Gasteiger partial charge in [0.25, 0.3) is 0 Å². The minimum Gasteiger partial charge on any atom is -0.444 e. The zero-order valence-corrected chi connectivity index (χ0v) is 13.0. The van der Waals surface area contributed by atoms with Gasteiger partial charge in [0.2, 0.25) is 0 Å². The Bertz CT molecular complexity index is 375. The molecule has 0 bridgehead atoms. The summed E-state index contributed by atoms with van der Waals surface area (Å²) in [4.78, 5) is 14.0. The van der Waals surface area contributed by atoms with Crippen LogP contribution < -0.4 is 0 Å². The normalized spacial score (nSPS) is 27.6. The summed E-state index contributed by atoms with van der Waals surface area (Å²) in [5, 5.41) is 0. The minimum atomic E-state index is -0.396. The average Bonchev–Trinajstić information content (AvgIpc) is 3.13. The lowest BCUT2D eigenvalue weighted by atomic mass is 9.65. The quantitative estimate of drug-likeness (QED) is 0.639. The summed E-state index contributed by atoms with van der Waals surface area (Å²) < 4.78 is 11.1. The lowest BCUT2D eigenvalue weighted by Gasteiger charge is -2.45. The summed E-state index contributed by atoms with van der Waals surface area (Å²) in [5.74, 6) is 0. The van der Waals surface area contributed by atoms with Gasteiger partial charge < -0.3 is 14.4 Å². The van der Waals surface area contributed by atoms with Crippen molar-refractivity contribution in [1.82, 2.24) is 4.90 Å². The third kappa shape index (κ3) is 2.95. The predicted octanol–water partition coefficient (Wildman–Crippen LogP) is 3.35. The molecule has 2 heterocycles. The summed E-state index contributed by atoms with van der Waals surface area (Å²) in [6, 6.07) is 0. The fourth-order valence-electron chi connectivity index (χ4n) is 3.62. The molecule has 0 unspecified atom stereocenters. The van der Waals surface area contributed by atoms with E-state index in [1.54, 1.807) is 0 Å². The minimum absolute atomic E-state index is 0.148. The van der Waals surface area contributed by atoms with Crippen LogP contribution >= 0.6 is 0 Å². The van der Waals surface area contributed by atoms with Gasteiger partial charge in [-0.05, 0) is 64.7 Å². The summed E-state index contributed by atoms with van der Waals surface area (Å²) in [7, 11) is 0. The van der Waals surface area contributed by atoms with E-state index in [4.69, 9.17) is 9.47 Å². The topological polar surface area (TPSA) is 42.1 Å². The van der Waals surface area contributed by atoms with E-state index in [2.05, 4.69) is 0 Å². The monoisotopic (exact) mass is 281 g/mol. The van der Waals surface area contributed by atoms with Crippen molar-refractivity contribution in [3.05, 3.63) is 0 Å². The number of epoxide rings is 1. The maximum atomic E-state index is 12.1. The van der Waals surface area contributed by atoms with Crippen LogP contribution in [0.3, 0.4) is 0 Å². The van der Waals surface area contributed by atoms with E-state index in [0.717, 1.165) is 32.5 Å². The smallest absolute Gasteiger partial charge is 0.410 e. The van der Waals surface area contributed by atoms with Crippen molar-refractivity contribution in [1.29, 1.82) is 0 Å². The first kappa shape index (κ1) is 14.2. The molecular weight excluding hydrogens is 254 g/mol. The molecule has 0 atom stereocenters. The van der Waals surface area contributed by atoms with Gasteiger partial charge in [-0.15, -0.1) is 0 Å². The van der Waals surface area contributed by atoms with E-state index in [9.17, 15) is 4.79 Å². The highest BCUT2D eigenvalue weighted by Gasteiger charge is 2.51. The maximum Gasteiger partial charge on any atom is 0.410 e. The van der Waals surface area contributed by atoms with E-state index in [1.807, 2.05) is 25.7 Å². The molecule has 1 aliphatic carbocycles. The lowest BCUT2D eigenvalue weighted by Crippen LogP contribution is -2.46. The zero-order chi connectivity index (χ0) is 14.4. The Kier molecular flexibility index (Phi) is 3.27. The standard InChI is InChI=1S/C16H27NO3/c1-14(2,3)20-13(18)17-10-8-15(9-11-17)4-6-16(7-5-15)12-19-16/h4-12H2,1-3H3. The molecule has 2 spiro atoms. The average molecular weight is 281 g/mol. The molecule has 114 valence electrons. The zero-order valence-electron chi connectivity index (χ0n) is 13.0. The molecule has 1 amide bonds. The third-order valence-electron chi connectivity index (χ3n) is 5.25. The van der Waals surface area contributed by atoms with E-state index in [1.165, 1.54) is 25.7 Å². The van der Waals surface area contributed by atoms with E-state index < -0.39 is 5.60 Å². The molecule has 20 heavy (non-hydrogen) atoms. The van der Waals surface area contributed by atoms with Crippen LogP contribution in [0, 0.1) is 5.41 Å². The van der Waals surface area contributed by atoms with Gasteiger partial charge >= 0.3 is 6.09 Å². The number of piperidine rings is 1. The van der Waals surface area contributed by atoms with E-state index >= 15 is 0 Å². The fraction of sp³-hybridized carbons (Fsp3) is 0.938. The van der Waals surface area contributed by atoms with Crippen molar-refractivity contribution in [3.8, 4) is 0 Å². The van der Waals surface area contributed by atoms with Crippen LogP contribution in [-0.2, 0) is 9.47 Å².